The Labute approximate surface area is 171 Å². The van der Waals surface area contributed by atoms with Crippen molar-refractivity contribution in [3.8, 4) is 5.75 Å². The summed E-state index contributed by atoms with van der Waals surface area (Å²) in [7, 11) is 0. The Bertz CT molecular complexity index is 978. The van der Waals surface area contributed by atoms with Gasteiger partial charge in [0.25, 0.3) is 0 Å². The van der Waals surface area contributed by atoms with E-state index in [2.05, 4.69) is 6.58 Å². The van der Waals surface area contributed by atoms with Gasteiger partial charge in [0.2, 0.25) is 0 Å². The third-order valence-electron chi connectivity index (χ3n) is 4.65. The second kappa shape index (κ2) is 8.33. The molecule has 0 bridgehead atoms. The van der Waals surface area contributed by atoms with Gasteiger partial charge in [0.05, 0.1) is 21.9 Å². The van der Waals surface area contributed by atoms with E-state index in [4.69, 9.17) is 21.7 Å². The van der Waals surface area contributed by atoms with Gasteiger partial charge in [0.1, 0.15) is 18.1 Å². The molecule has 0 spiro atoms. The lowest BCUT2D eigenvalue weighted by molar-refractivity contribution is -0.137. The van der Waals surface area contributed by atoms with Crippen LogP contribution in [0.1, 0.15) is 29.5 Å². The molecule has 1 aliphatic rings. The van der Waals surface area contributed by atoms with E-state index < -0.39 is 17.5 Å². The van der Waals surface area contributed by atoms with Gasteiger partial charge in [0.15, 0.2) is 0 Å². The van der Waals surface area contributed by atoms with E-state index in [1.807, 2.05) is 0 Å². The molecule has 2 aromatic rings. The summed E-state index contributed by atoms with van der Waals surface area (Å²) >= 11 is 6.12. The van der Waals surface area contributed by atoms with Gasteiger partial charge in [-0.05, 0) is 42.7 Å². The molecule has 1 aliphatic carbocycles. The van der Waals surface area contributed by atoms with Crippen molar-refractivity contribution in [2.75, 3.05) is 6.61 Å². The van der Waals surface area contributed by atoms with Gasteiger partial charge in [-0.15, -0.1) is 0 Å². The Morgan fingerprint density at radius 1 is 1.24 bits per heavy atom. The number of hydrogen-bond acceptors (Lipinski definition) is 3. The molecule has 2 N–H and O–H groups in total. The van der Waals surface area contributed by atoms with Crippen LogP contribution in [0.25, 0.3) is 6.08 Å². The number of benzene rings is 2. The van der Waals surface area contributed by atoms with E-state index in [1.54, 1.807) is 24.3 Å². The molecular formula is C22H19ClF3NO2. The maximum atomic E-state index is 13.4. The van der Waals surface area contributed by atoms with Gasteiger partial charge in [-0.2, -0.15) is 13.2 Å². The lowest BCUT2D eigenvalue weighted by Crippen LogP contribution is -2.19. The summed E-state index contributed by atoms with van der Waals surface area (Å²) in [6.07, 6.45) is -1.58. The van der Waals surface area contributed by atoms with Crippen molar-refractivity contribution in [1.82, 2.24) is 0 Å². The monoisotopic (exact) mass is 421 g/mol. The number of hydrogen-bond donors (Lipinski definition) is 2. The molecule has 7 heteroatoms. The fourth-order valence-corrected chi connectivity index (χ4v) is 3.15. The van der Waals surface area contributed by atoms with Crippen LogP contribution in [0.15, 0.2) is 60.4 Å². The summed E-state index contributed by atoms with van der Waals surface area (Å²) in [6, 6.07) is 9.73. The highest BCUT2D eigenvalue weighted by atomic mass is 35.5. The van der Waals surface area contributed by atoms with Crippen LogP contribution in [0, 0.1) is 11.3 Å². The highest BCUT2D eigenvalue weighted by molar-refractivity contribution is 6.32. The third-order valence-corrected chi connectivity index (χ3v) is 4.98. The van der Waals surface area contributed by atoms with Gasteiger partial charge in [0, 0.05) is 11.5 Å². The Hall–Kier alpha value is -2.73. The Balaban J connectivity index is 1.92. The highest BCUT2D eigenvalue weighted by Crippen LogP contribution is 2.38. The molecule has 0 saturated heterocycles. The summed E-state index contributed by atoms with van der Waals surface area (Å²) in [5.41, 5.74) is -0.887. The molecule has 0 amide bonds. The normalized spacial score (nSPS) is 14.9. The molecular weight excluding hydrogens is 403 g/mol. The number of nitrogens with one attached hydrogen (secondary N) is 1. The van der Waals surface area contributed by atoms with Crippen LogP contribution in [0.3, 0.4) is 0 Å². The molecule has 2 aromatic carbocycles. The second-order valence-electron chi connectivity index (χ2n) is 6.73. The molecule has 0 unspecified atom stereocenters. The molecule has 0 aliphatic heterocycles. The van der Waals surface area contributed by atoms with E-state index in [1.165, 1.54) is 18.2 Å². The molecule has 0 heterocycles. The van der Waals surface area contributed by atoms with E-state index in [0.717, 1.165) is 18.9 Å². The van der Waals surface area contributed by atoms with Crippen molar-refractivity contribution in [2.24, 2.45) is 5.92 Å². The van der Waals surface area contributed by atoms with Crippen LogP contribution in [0.4, 0.5) is 13.2 Å². The molecule has 1 fully saturated rings. The fraction of sp³-hybridized carbons (Fsp3) is 0.227. The number of allylic oxidation sites excluding steroid dienone is 1. The summed E-state index contributed by atoms with van der Waals surface area (Å²) in [6.45, 7) is 3.39. The van der Waals surface area contributed by atoms with Crippen molar-refractivity contribution >= 4 is 23.4 Å². The number of halogens is 4. The zero-order chi connectivity index (χ0) is 21.2. The first-order valence-corrected chi connectivity index (χ1v) is 9.32. The van der Waals surface area contributed by atoms with Gasteiger partial charge in [-0.3, -0.25) is 5.41 Å². The van der Waals surface area contributed by atoms with Gasteiger partial charge in [-0.25, -0.2) is 0 Å². The van der Waals surface area contributed by atoms with E-state index >= 15 is 0 Å². The highest BCUT2D eigenvalue weighted by Gasteiger charge is 2.36. The maximum Gasteiger partial charge on any atom is 0.417 e. The third kappa shape index (κ3) is 4.82. The summed E-state index contributed by atoms with van der Waals surface area (Å²) in [5.74, 6) is 0.123. The van der Waals surface area contributed by atoms with Gasteiger partial charge >= 0.3 is 6.18 Å². The molecule has 0 atom stereocenters. The average molecular weight is 422 g/mol. The minimum atomic E-state index is -4.61. The topological polar surface area (TPSA) is 53.3 Å². The first kappa shape index (κ1) is 21.0. The average Bonchev–Trinajstić information content (AvgIpc) is 3.52. The van der Waals surface area contributed by atoms with E-state index in [-0.39, 0.29) is 29.4 Å². The van der Waals surface area contributed by atoms with Crippen LogP contribution in [0.2, 0.25) is 5.02 Å². The minimum absolute atomic E-state index is 0.0353. The van der Waals surface area contributed by atoms with Crippen molar-refractivity contribution in [3.05, 3.63) is 82.1 Å². The summed E-state index contributed by atoms with van der Waals surface area (Å²) in [5, 5.41) is 19.3. The smallest absolute Gasteiger partial charge is 0.417 e. The van der Waals surface area contributed by atoms with Crippen molar-refractivity contribution in [1.29, 1.82) is 5.41 Å². The molecule has 3 rings (SSSR count). The Morgan fingerprint density at radius 3 is 2.52 bits per heavy atom. The number of rotatable bonds is 7. The Morgan fingerprint density at radius 2 is 1.93 bits per heavy atom. The van der Waals surface area contributed by atoms with Crippen LogP contribution >= 0.6 is 11.6 Å². The SMILES string of the molecule is C=Cc1ccc(OC/C(C(=N)c2ccccc2C(F)(F)F)=C(/O)C2CC2)cc1Cl. The minimum Gasteiger partial charge on any atom is -0.512 e. The van der Waals surface area contributed by atoms with Gasteiger partial charge < -0.3 is 9.84 Å². The molecule has 29 heavy (non-hydrogen) atoms. The van der Waals surface area contributed by atoms with Gasteiger partial charge in [-0.1, -0.05) is 42.5 Å². The lowest BCUT2D eigenvalue weighted by Gasteiger charge is -2.18. The number of ether oxygens (including phenoxy) is 1. The first-order valence-electron chi connectivity index (χ1n) is 8.94. The number of aliphatic hydroxyl groups excluding tert-OH is 1. The van der Waals surface area contributed by atoms with Crippen LogP contribution in [-0.2, 0) is 6.18 Å². The zero-order valence-corrected chi connectivity index (χ0v) is 16.1. The Kier molecular flexibility index (Phi) is 6.03. The van der Waals surface area contributed by atoms with Crippen molar-refractivity contribution in [2.45, 2.75) is 19.0 Å². The van der Waals surface area contributed by atoms with E-state index in [9.17, 15) is 18.3 Å². The second-order valence-corrected chi connectivity index (χ2v) is 7.14. The number of aliphatic hydroxyl groups is 1. The van der Waals surface area contributed by atoms with E-state index in [0.29, 0.717) is 16.3 Å². The van der Waals surface area contributed by atoms with Crippen LogP contribution in [0.5, 0.6) is 5.75 Å². The summed E-state index contributed by atoms with van der Waals surface area (Å²) in [4.78, 5) is 0. The zero-order valence-electron chi connectivity index (χ0n) is 15.4. The predicted octanol–water partition coefficient (Wildman–Crippen LogP) is 6.67. The maximum absolute atomic E-state index is 13.4. The standard InChI is InChI=1S/C22H19ClF3NO2/c1-2-13-9-10-15(11-19(13)23)29-12-17(21(28)14-7-8-14)20(27)16-5-3-4-6-18(16)22(24,25)26/h2-6,9-11,14,27-28H,1,7-8,12H2/b21-17-,27-20?. The predicted molar refractivity (Wildman–Crippen MR) is 108 cm³/mol. The molecule has 0 radical (unpaired) electrons. The van der Waals surface area contributed by atoms with Crippen molar-refractivity contribution < 1.29 is 23.0 Å². The largest absolute Gasteiger partial charge is 0.512 e. The molecule has 0 aromatic heterocycles. The molecule has 152 valence electrons. The first-order chi connectivity index (χ1) is 13.7. The molecule has 3 nitrogen and oxygen atoms in total. The van der Waals surface area contributed by atoms with Crippen molar-refractivity contribution in [3.63, 3.8) is 0 Å². The number of alkyl halides is 3. The quantitative estimate of drug-likeness (QED) is 0.387. The molecule has 1 saturated carbocycles. The fourth-order valence-electron chi connectivity index (χ4n) is 2.91. The summed E-state index contributed by atoms with van der Waals surface area (Å²) < 4.78 is 45.8. The lowest BCUT2D eigenvalue weighted by atomic mass is 9.96. The van der Waals surface area contributed by atoms with Crippen LogP contribution < -0.4 is 4.74 Å². The van der Waals surface area contributed by atoms with Crippen LogP contribution in [-0.4, -0.2) is 17.4 Å².